The fourth-order valence-corrected chi connectivity index (χ4v) is 3.37. The lowest BCUT2D eigenvalue weighted by Gasteiger charge is -2.04. The van der Waals surface area contributed by atoms with E-state index in [9.17, 15) is 4.79 Å². The highest BCUT2D eigenvalue weighted by molar-refractivity contribution is 7.17. The van der Waals surface area contributed by atoms with Gasteiger partial charge in [0.15, 0.2) is 0 Å². The number of thiazole rings is 1. The normalized spacial score (nSPS) is 10.2. The van der Waals surface area contributed by atoms with Crippen LogP contribution in [0.2, 0.25) is 5.02 Å². The van der Waals surface area contributed by atoms with E-state index in [0.29, 0.717) is 26.8 Å². The maximum atomic E-state index is 12.5. The molecule has 1 heterocycles. The molecule has 2 aromatic carbocycles. The van der Waals surface area contributed by atoms with Crippen LogP contribution in [0, 0.1) is 19.3 Å². The molecule has 0 aliphatic heterocycles. The summed E-state index contributed by atoms with van der Waals surface area (Å²) in [5.74, 6) is 2.35. The van der Waals surface area contributed by atoms with Crippen molar-refractivity contribution in [2.45, 2.75) is 6.92 Å². The molecule has 3 aromatic rings. The summed E-state index contributed by atoms with van der Waals surface area (Å²) in [6.45, 7) is 1.82. The third-order valence-corrected chi connectivity index (χ3v) is 4.80. The third kappa shape index (κ3) is 3.48. The first-order valence-electron chi connectivity index (χ1n) is 7.18. The van der Waals surface area contributed by atoms with Gasteiger partial charge in [-0.15, -0.1) is 17.8 Å². The maximum Gasteiger partial charge on any atom is 0.267 e. The van der Waals surface area contributed by atoms with Crippen LogP contribution in [0.1, 0.15) is 20.9 Å². The number of benzene rings is 2. The van der Waals surface area contributed by atoms with Gasteiger partial charge in [-0.3, -0.25) is 4.79 Å². The minimum absolute atomic E-state index is 0.201. The van der Waals surface area contributed by atoms with Gasteiger partial charge in [0, 0.05) is 21.8 Å². The maximum absolute atomic E-state index is 12.5. The summed E-state index contributed by atoms with van der Waals surface area (Å²) in [6, 6.07) is 14.6. The number of rotatable bonds is 3. The first-order valence-corrected chi connectivity index (χ1v) is 8.37. The van der Waals surface area contributed by atoms with Gasteiger partial charge in [-0.05, 0) is 37.3 Å². The van der Waals surface area contributed by atoms with Gasteiger partial charge in [-0.25, -0.2) is 4.98 Å². The summed E-state index contributed by atoms with van der Waals surface area (Å²) in [6.07, 6.45) is 5.38. The first kappa shape index (κ1) is 16.3. The van der Waals surface area contributed by atoms with Crippen molar-refractivity contribution in [1.29, 1.82) is 0 Å². The standard InChI is InChI=1S/C19H13ClN2OS/c1-3-13-6-4-9-16(10-13)22-18(23)17-12(2)21-19(24-17)14-7-5-8-15(20)11-14/h1,4-11H,2H3,(H,22,23). The van der Waals surface area contributed by atoms with E-state index < -0.39 is 0 Å². The van der Waals surface area contributed by atoms with E-state index in [-0.39, 0.29) is 5.91 Å². The summed E-state index contributed by atoms with van der Waals surface area (Å²) in [4.78, 5) is 17.6. The van der Waals surface area contributed by atoms with Gasteiger partial charge in [0.1, 0.15) is 9.88 Å². The van der Waals surface area contributed by atoms with Crippen LogP contribution in [0.5, 0.6) is 0 Å². The average Bonchev–Trinajstić information content (AvgIpc) is 2.97. The van der Waals surface area contributed by atoms with Crippen LogP contribution < -0.4 is 5.32 Å². The van der Waals surface area contributed by atoms with Crippen LogP contribution in [0.4, 0.5) is 5.69 Å². The van der Waals surface area contributed by atoms with Crippen molar-refractivity contribution in [3.63, 3.8) is 0 Å². The highest BCUT2D eigenvalue weighted by atomic mass is 35.5. The van der Waals surface area contributed by atoms with Crippen molar-refractivity contribution >= 4 is 34.5 Å². The van der Waals surface area contributed by atoms with Gasteiger partial charge in [0.2, 0.25) is 0 Å². The molecule has 0 fully saturated rings. The quantitative estimate of drug-likeness (QED) is 0.673. The number of amides is 1. The molecule has 0 aliphatic carbocycles. The molecule has 3 nitrogen and oxygen atoms in total. The number of carbonyl (C=O) groups excluding carboxylic acids is 1. The summed E-state index contributed by atoms with van der Waals surface area (Å²) in [7, 11) is 0. The minimum atomic E-state index is -0.201. The molecule has 0 saturated heterocycles. The van der Waals surface area contributed by atoms with Crippen molar-refractivity contribution < 1.29 is 4.79 Å². The SMILES string of the molecule is C#Cc1cccc(NC(=O)c2sc(-c3cccc(Cl)c3)nc2C)c1. The molecular formula is C19H13ClN2OS. The fraction of sp³-hybridized carbons (Fsp3) is 0.0526. The predicted molar refractivity (Wildman–Crippen MR) is 99.6 cm³/mol. The number of nitrogens with zero attached hydrogens (tertiary/aromatic N) is 1. The van der Waals surface area contributed by atoms with Crippen LogP contribution >= 0.6 is 22.9 Å². The summed E-state index contributed by atoms with van der Waals surface area (Å²) in [5, 5.41) is 4.26. The first-order chi connectivity index (χ1) is 11.6. The molecule has 0 bridgehead atoms. The molecule has 118 valence electrons. The predicted octanol–water partition coefficient (Wildman–Crippen LogP) is 5.01. The van der Waals surface area contributed by atoms with Crippen molar-refractivity contribution in [2.75, 3.05) is 5.32 Å². The third-order valence-electron chi connectivity index (χ3n) is 3.36. The fourth-order valence-electron chi connectivity index (χ4n) is 2.23. The molecule has 1 aromatic heterocycles. The largest absolute Gasteiger partial charge is 0.321 e. The average molecular weight is 353 g/mol. The molecule has 0 aliphatic rings. The highest BCUT2D eigenvalue weighted by Crippen LogP contribution is 2.30. The van der Waals surface area contributed by atoms with Gasteiger partial charge < -0.3 is 5.32 Å². The van der Waals surface area contributed by atoms with E-state index in [1.165, 1.54) is 11.3 Å². The second-order valence-electron chi connectivity index (χ2n) is 5.12. The zero-order valence-electron chi connectivity index (χ0n) is 12.8. The zero-order valence-corrected chi connectivity index (χ0v) is 14.4. The molecule has 3 rings (SSSR count). The molecule has 24 heavy (non-hydrogen) atoms. The van der Waals surface area contributed by atoms with Crippen LogP contribution in [0.25, 0.3) is 10.6 Å². The Hall–Kier alpha value is -2.61. The monoisotopic (exact) mass is 352 g/mol. The number of carbonyl (C=O) groups is 1. The van der Waals surface area contributed by atoms with E-state index in [1.54, 1.807) is 18.2 Å². The van der Waals surface area contributed by atoms with Crippen LogP contribution in [0.3, 0.4) is 0 Å². The van der Waals surface area contributed by atoms with Crippen molar-refractivity contribution in [1.82, 2.24) is 4.98 Å². The van der Waals surface area contributed by atoms with Crippen LogP contribution in [0.15, 0.2) is 48.5 Å². The summed E-state index contributed by atoms with van der Waals surface area (Å²) < 4.78 is 0. The number of hydrogen-bond acceptors (Lipinski definition) is 3. The van der Waals surface area contributed by atoms with Gasteiger partial charge in [-0.2, -0.15) is 0 Å². The number of aromatic nitrogens is 1. The zero-order chi connectivity index (χ0) is 17.1. The Morgan fingerprint density at radius 1 is 1.25 bits per heavy atom. The van der Waals surface area contributed by atoms with Gasteiger partial charge in [-0.1, -0.05) is 35.7 Å². The van der Waals surface area contributed by atoms with Crippen LogP contribution in [-0.4, -0.2) is 10.9 Å². The lowest BCUT2D eigenvalue weighted by Crippen LogP contribution is -2.11. The Bertz CT molecular complexity index is 956. The molecule has 0 saturated carbocycles. The highest BCUT2D eigenvalue weighted by Gasteiger charge is 2.16. The topological polar surface area (TPSA) is 42.0 Å². The number of aryl methyl sites for hydroxylation is 1. The number of nitrogens with one attached hydrogen (secondary N) is 1. The number of anilines is 1. The van der Waals surface area contributed by atoms with E-state index in [0.717, 1.165) is 10.6 Å². The van der Waals surface area contributed by atoms with E-state index in [4.69, 9.17) is 18.0 Å². The van der Waals surface area contributed by atoms with Gasteiger partial charge in [0.25, 0.3) is 5.91 Å². The lowest BCUT2D eigenvalue weighted by atomic mass is 10.2. The Morgan fingerprint density at radius 3 is 2.79 bits per heavy atom. The Morgan fingerprint density at radius 2 is 2.04 bits per heavy atom. The molecule has 0 unspecified atom stereocenters. The van der Waals surface area contributed by atoms with Crippen LogP contribution in [-0.2, 0) is 0 Å². The van der Waals surface area contributed by atoms with E-state index >= 15 is 0 Å². The van der Waals surface area contributed by atoms with Gasteiger partial charge >= 0.3 is 0 Å². The van der Waals surface area contributed by atoms with Crippen molar-refractivity contribution in [2.24, 2.45) is 0 Å². The Labute approximate surface area is 149 Å². The molecular weight excluding hydrogens is 340 g/mol. The van der Waals surface area contributed by atoms with E-state index in [2.05, 4.69) is 16.2 Å². The van der Waals surface area contributed by atoms with E-state index in [1.807, 2.05) is 37.3 Å². The van der Waals surface area contributed by atoms with Crippen molar-refractivity contribution in [3.05, 3.63) is 69.7 Å². The van der Waals surface area contributed by atoms with Gasteiger partial charge in [0.05, 0.1) is 5.69 Å². The lowest BCUT2D eigenvalue weighted by molar-refractivity contribution is 0.103. The number of terminal acetylenes is 1. The second-order valence-corrected chi connectivity index (χ2v) is 6.56. The number of halogens is 1. The molecule has 0 radical (unpaired) electrons. The molecule has 0 spiro atoms. The molecule has 1 amide bonds. The smallest absolute Gasteiger partial charge is 0.267 e. The second kappa shape index (κ2) is 6.88. The van der Waals surface area contributed by atoms with Crippen molar-refractivity contribution in [3.8, 4) is 22.9 Å². The number of hydrogen-bond donors (Lipinski definition) is 1. The molecule has 5 heteroatoms. The Balaban J connectivity index is 1.87. The summed E-state index contributed by atoms with van der Waals surface area (Å²) in [5.41, 5.74) is 2.95. The summed E-state index contributed by atoms with van der Waals surface area (Å²) >= 11 is 7.36. The minimum Gasteiger partial charge on any atom is -0.321 e. The molecule has 1 N–H and O–H groups in total. The Kier molecular flexibility index (Phi) is 4.66. The molecule has 0 atom stereocenters.